The Balaban J connectivity index is 1.74. The number of aryl methyl sites for hydroxylation is 1. The summed E-state index contributed by atoms with van der Waals surface area (Å²) >= 11 is 0. The molecule has 0 aliphatic carbocycles. The van der Waals surface area contributed by atoms with Crippen molar-refractivity contribution < 1.29 is 4.79 Å². The summed E-state index contributed by atoms with van der Waals surface area (Å²) in [5.41, 5.74) is 1.05. The van der Waals surface area contributed by atoms with Crippen LogP contribution in [0.3, 0.4) is 0 Å². The van der Waals surface area contributed by atoms with E-state index in [1.807, 2.05) is 4.90 Å². The van der Waals surface area contributed by atoms with E-state index in [9.17, 15) is 4.79 Å². The Hall–Kier alpha value is -1.65. The van der Waals surface area contributed by atoms with Crippen molar-refractivity contribution in [2.45, 2.75) is 45.4 Å². The van der Waals surface area contributed by atoms with Crippen molar-refractivity contribution in [2.24, 2.45) is 0 Å². The molecule has 0 N–H and O–H groups in total. The van der Waals surface area contributed by atoms with Crippen molar-refractivity contribution in [1.82, 2.24) is 14.9 Å². The van der Waals surface area contributed by atoms with Crippen LogP contribution in [-0.4, -0.2) is 47.0 Å². The summed E-state index contributed by atoms with van der Waals surface area (Å²) in [6.45, 7) is 7.58. The third-order valence-electron chi connectivity index (χ3n) is 4.59. The number of nitrogens with zero attached hydrogens (tertiary/aromatic N) is 4. The van der Waals surface area contributed by atoms with Gasteiger partial charge in [0.2, 0.25) is 5.91 Å². The van der Waals surface area contributed by atoms with Crippen molar-refractivity contribution in [3.63, 3.8) is 0 Å². The molecule has 0 aromatic carbocycles. The van der Waals surface area contributed by atoms with Gasteiger partial charge < -0.3 is 9.80 Å². The Bertz CT molecular complexity index is 517. The summed E-state index contributed by atoms with van der Waals surface area (Å²) in [5.74, 6) is 2.63. The average molecular weight is 288 g/mol. The molecular formula is C16H24N4O. The number of carbonyl (C=O) groups excluding carboxylic acids is 1. The maximum atomic E-state index is 11.4. The number of hydrogen-bond acceptors (Lipinski definition) is 4. The van der Waals surface area contributed by atoms with Crippen LogP contribution in [-0.2, 0) is 4.79 Å². The molecule has 2 aliphatic heterocycles. The molecule has 1 aromatic heterocycles. The fourth-order valence-electron chi connectivity index (χ4n) is 3.32. The summed E-state index contributed by atoms with van der Waals surface area (Å²) < 4.78 is 0. The van der Waals surface area contributed by atoms with Crippen LogP contribution in [0.4, 0.5) is 5.82 Å². The summed E-state index contributed by atoms with van der Waals surface area (Å²) in [6, 6.07) is 2.10. The Kier molecular flexibility index (Phi) is 4.08. The largest absolute Gasteiger partial charge is 0.357 e. The molecule has 3 rings (SSSR count). The molecule has 0 bridgehead atoms. The van der Waals surface area contributed by atoms with Gasteiger partial charge in [0.1, 0.15) is 11.6 Å². The van der Waals surface area contributed by atoms with E-state index in [1.54, 1.807) is 6.92 Å². The number of piperidine rings is 1. The number of likely N-dealkylation sites (tertiary alicyclic amines) is 1. The van der Waals surface area contributed by atoms with E-state index in [-0.39, 0.29) is 5.91 Å². The second-order valence-electron chi connectivity index (χ2n) is 6.20. The van der Waals surface area contributed by atoms with Gasteiger partial charge in [0.25, 0.3) is 0 Å². The lowest BCUT2D eigenvalue weighted by atomic mass is 9.96. The first-order valence-electron chi connectivity index (χ1n) is 7.99. The molecule has 3 heterocycles. The predicted octanol–water partition coefficient (Wildman–Crippen LogP) is 2.11. The molecule has 0 atom stereocenters. The van der Waals surface area contributed by atoms with Gasteiger partial charge in [-0.2, -0.15) is 0 Å². The van der Waals surface area contributed by atoms with Crippen LogP contribution in [0.1, 0.15) is 50.0 Å². The summed E-state index contributed by atoms with van der Waals surface area (Å²) in [4.78, 5) is 25.2. The van der Waals surface area contributed by atoms with E-state index in [4.69, 9.17) is 4.98 Å². The van der Waals surface area contributed by atoms with Crippen LogP contribution in [0.2, 0.25) is 0 Å². The van der Waals surface area contributed by atoms with Gasteiger partial charge in [-0.3, -0.25) is 4.79 Å². The first-order chi connectivity index (χ1) is 10.1. The molecular weight excluding hydrogens is 264 g/mol. The third kappa shape index (κ3) is 3.17. The monoisotopic (exact) mass is 288 g/mol. The van der Waals surface area contributed by atoms with Crippen LogP contribution >= 0.6 is 0 Å². The van der Waals surface area contributed by atoms with Crippen LogP contribution in [0.15, 0.2) is 6.07 Å². The number of hydrogen-bond donors (Lipinski definition) is 0. The first kappa shape index (κ1) is 14.3. The Morgan fingerprint density at radius 1 is 1.14 bits per heavy atom. The number of aromatic nitrogens is 2. The minimum Gasteiger partial charge on any atom is -0.357 e. The molecule has 2 aliphatic rings. The fraction of sp³-hybridized carbons (Fsp3) is 0.688. The zero-order valence-electron chi connectivity index (χ0n) is 13.0. The quantitative estimate of drug-likeness (QED) is 0.836. The summed E-state index contributed by atoms with van der Waals surface area (Å²) in [6.07, 6.45) is 4.47. The van der Waals surface area contributed by atoms with E-state index < -0.39 is 0 Å². The van der Waals surface area contributed by atoms with Crippen molar-refractivity contribution >= 4 is 11.7 Å². The van der Waals surface area contributed by atoms with Crippen molar-refractivity contribution in [1.29, 1.82) is 0 Å². The topological polar surface area (TPSA) is 49.3 Å². The van der Waals surface area contributed by atoms with Gasteiger partial charge in [-0.15, -0.1) is 0 Å². The molecule has 2 fully saturated rings. The van der Waals surface area contributed by atoms with Crippen LogP contribution in [0.25, 0.3) is 0 Å². The van der Waals surface area contributed by atoms with Gasteiger partial charge in [-0.25, -0.2) is 9.97 Å². The molecule has 114 valence electrons. The maximum Gasteiger partial charge on any atom is 0.219 e. The van der Waals surface area contributed by atoms with Gasteiger partial charge in [0, 0.05) is 50.8 Å². The van der Waals surface area contributed by atoms with E-state index in [1.165, 1.54) is 12.8 Å². The summed E-state index contributed by atoms with van der Waals surface area (Å²) in [5, 5.41) is 0. The van der Waals surface area contributed by atoms with Gasteiger partial charge >= 0.3 is 0 Å². The maximum absolute atomic E-state index is 11.4. The van der Waals surface area contributed by atoms with Gasteiger partial charge in [-0.1, -0.05) is 0 Å². The zero-order chi connectivity index (χ0) is 14.8. The molecule has 0 spiro atoms. The van der Waals surface area contributed by atoms with E-state index in [0.29, 0.717) is 5.92 Å². The van der Waals surface area contributed by atoms with Gasteiger partial charge in [-0.05, 0) is 32.6 Å². The highest BCUT2D eigenvalue weighted by atomic mass is 16.2. The molecule has 1 aromatic rings. The number of rotatable bonds is 2. The first-order valence-corrected chi connectivity index (χ1v) is 7.99. The van der Waals surface area contributed by atoms with Gasteiger partial charge in [0.15, 0.2) is 0 Å². The SMILES string of the molecule is CC(=O)N1CCC(c2nc(C)cc(N3CCCC3)n2)CC1. The number of amides is 1. The van der Waals surface area contributed by atoms with E-state index in [0.717, 1.165) is 56.4 Å². The standard InChI is InChI=1S/C16H24N4O/c1-12-11-15(20-7-3-4-8-20)18-16(17-12)14-5-9-19(10-6-14)13(2)21/h11,14H,3-10H2,1-2H3. The third-order valence-corrected chi connectivity index (χ3v) is 4.59. The lowest BCUT2D eigenvalue weighted by molar-refractivity contribution is -0.129. The number of carbonyl (C=O) groups is 1. The molecule has 21 heavy (non-hydrogen) atoms. The molecule has 5 nitrogen and oxygen atoms in total. The Morgan fingerprint density at radius 2 is 1.81 bits per heavy atom. The smallest absolute Gasteiger partial charge is 0.219 e. The van der Waals surface area contributed by atoms with E-state index in [2.05, 4.69) is 22.9 Å². The van der Waals surface area contributed by atoms with Crippen LogP contribution in [0, 0.1) is 6.92 Å². The zero-order valence-corrected chi connectivity index (χ0v) is 13.0. The van der Waals surface area contributed by atoms with Crippen molar-refractivity contribution in [3.8, 4) is 0 Å². The highest BCUT2D eigenvalue weighted by Crippen LogP contribution is 2.28. The highest BCUT2D eigenvalue weighted by Gasteiger charge is 2.25. The fourth-order valence-corrected chi connectivity index (χ4v) is 3.32. The highest BCUT2D eigenvalue weighted by molar-refractivity contribution is 5.73. The lowest BCUT2D eigenvalue weighted by Crippen LogP contribution is -2.36. The molecule has 0 unspecified atom stereocenters. The second kappa shape index (κ2) is 6.00. The van der Waals surface area contributed by atoms with Crippen LogP contribution < -0.4 is 4.90 Å². The lowest BCUT2D eigenvalue weighted by Gasteiger charge is -2.31. The molecule has 1 amide bonds. The summed E-state index contributed by atoms with van der Waals surface area (Å²) in [7, 11) is 0. The molecule has 5 heteroatoms. The van der Waals surface area contributed by atoms with Crippen LogP contribution in [0.5, 0.6) is 0 Å². The van der Waals surface area contributed by atoms with Crippen molar-refractivity contribution in [2.75, 3.05) is 31.1 Å². The molecule has 0 radical (unpaired) electrons. The molecule has 0 saturated carbocycles. The normalized spacial score (nSPS) is 20.1. The van der Waals surface area contributed by atoms with Crippen molar-refractivity contribution in [3.05, 3.63) is 17.6 Å². The predicted molar refractivity (Wildman–Crippen MR) is 82.4 cm³/mol. The Labute approximate surface area is 126 Å². The van der Waals surface area contributed by atoms with Gasteiger partial charge in [0.05, 0.1) is 0 Å². The minimum absolute atomic E-state index is 0.177. The average Bonchev–Trinajstić information content (AvgIpc) is 3.01. The Morgan fingerprint density at radius 3 is 2.43 bits per heavy atom. The van der Waals surface area contributed by atoms with E-state index >= 15 is 0 Å². The molecule has 2 saturated heterocycles. The minimum atomic E-state index is 0.177. The number of anilines is 1. The second-order valence-corrected chi connectivity index (χ2v) is 6.20.